The van der Waals surface area contributed by atoms with E-state index in [9.17, 15) is 14.4 Å². The van der Waals surface area contributed by atoms with E-state index in [1.165, 1.54) is 31.2 Å². The molecule has 1 aliphatic rings. The van der Waals surface area contributed by atoms with Gasteiger partial charge >= 0.3 is 0 Å². The van der Waals surface area contributed by atoms with Gasteiger partial charge in [0, 0.05) is 16.7 Å². The van der Waals surface area contributed by atoms with Crippen LogP contribution in [0.3, 0.4) is 0 Å². The molecule has 74 valence electrons. The first-order chi connectivity index (χ1) is 7.09. The standard InChI is InChI=1S/C12H8O3/c1-7(13)8-2-3-9-10(6-8)12(15)5-4-11(9)14/h2-6H,1H3. The van der Waals surface area contributed by atoms with E-state index in [4.69, 9.17) is 0 Å². The molecule has 0 atom stereocenters. The molecule has 0 radical (unpaired) electrons. The van der Waals surface area contributed by atoms with Crippen molar-refractivity contribution in [2.75, 3.05) is 0 Å². The highest BCUT2D eigenvalue weighted by Gasteiger charge is 2.19. The van der Waals surface area contributed by atoms with Crippen LogP contribution >= 0.6 is 0 Å². The molecule has 0 spiro atoms. The quantitative estimate of drug-likeness (QED) is 0.650. The van der Waals surface area contributed by atoms with Crippen molar-refractivity contribution in [3.05, 3.63) is 47.0 Å². The Balaban J connectivity index is 2.63. The van der Waals surface area contributed by atoms with Crippen LogP contribution in [0.5, 0.6) is 0 Å². The number of carbonyl (C=O) groups excluding carboxylic acids is 3. The number of Topliss-reactive ketones (excluding diaryl/α,β-unsaturated/α-hetero) is 1. The second-order valence-electron chi connectivity index (χ2n) is 3.38. The summed E-state index contributed by atoms with van der Waals surface area (Å²) in [6, 6.07) is 4.56. The molecule has 0 heterocycles. The maximum absolute atomic E-state index is 11.5. The number of hydrogen-bond donors (Lipinski definition) is 0. The summed E-state index contributed by atoms with van der Waals surface area (Å²) >= 11 is 0. The average molecular weight is 200 g/mol. The van der Waals surface area contributed by atoms with Gasteiger partial charge in [0.25, 0.3) is 0 Å². The van der Waals surface area contributed by atoms with Gasteiger partial charge in [-0.2, -0.15) is 0 Å². The summed E-state index contributed by atoms with van der Waals surface area (Å²) < 4.78 is 0. The van der Waals surface area contributed by atoms with Crippen molar-refractivity contribution in [3.63, 3.8) is 0 Å². The van der Waals surface area contributed by atoms with E-state index < -0.39 is 0 Å². The maximum atomic E-state index is 11.5. The molecule has 0 N–H and O–H groups in total. The van der Waals surface area contributed by atoms with E-state index >= 15 is 0 Å². The van der Waals surface area contributed by atoms with Crippen LogP contribution in [0, 0.1) is 0 Å². The Morgan fingerprint density at radius 2 is 1.60 bits per heavy atom. The van der Waals surface area contributed by atoms with Gasteiger partial charge in [-0.25, -0.2) is 0 Å². The van der Waals surface area contributed by atoms with E-state index in [0.717, 1.165) is 0 Å². The van der Waals surface area contributed by atoms with Gasteiger partial charge in [-0.05, 0) is 31.2 Å². The third-order valence-electron chi connectivity index (χ3n) is 2.34. The van der Waals surface area contributed by atoms with Gasteiger partial charge in [-0.15, -0.1) is 0 Å². The Bertz CT molecular complexity index is 510. The van der Waals surface area contributed by atoms with Gasteiger partial charge in [0.15, 0.2) is 17.3 Å². The highest BCUT2D eigenvalue weighted by Crippen LogP contribution is 2.18. The second kappa shape index (κ2) is 3.28. The van der Waals surface area contributed by atoms with Crippen molar-refractivity contribution in [3.8, 4) is 0 Å². The molecule has 2 rings (SSSR count). The Morgan fingerprint density at radius 3 is 2.20 bits per heavy atom. The molecule has 0 saturated carbocycles. The van der Waals surface area contributed by atoms with Gasteiger partial charge < -0.3 is 0 Å². The van der Waals surface area contributed by atoms with Crippen LogP contribution in [0.1, 0.15) is 38.0 Å². The zero-order chi connectivity index (χ0) is 11.0. The molecule has 0 bridgehead atoms. The van der Waals surface area contributed by atoms with Gasteiger partial charge in [-0.3, -0.25) is 14.4 Å². The minimum Gasteiger partial charge on any atom is -0.295 e. The Kier molecular flexibility index (Phi) is 2.08. The van der Waals surface area contributed by atoms with Crippen molar-refractivity contribution in [1.82, 2.24) is 0 Å². The predicted molar refractivity (Wildman–Crippen MR) is 54.2 cm³/mol. The summed E-state index contributed by atoms with van der Waals surface area (Å²) in [6.45, 7) is 1.42. The van der Waals surface area contributed by atoms with Crippen LogP contribution in [0.2, 0.25) is 0 Å². The normalized spacial score (nSPS) is 13.9. The topological polar surface area (TPSA) is 51.2 Å². The van der Waals surface area contributed by atoms with Gasteiger partial charge in [0.1, 0.15) is 0 Å². The van der Waals surface area contributed by atoms with Crippen LogP contribution < -0.4 is 0 Å². The number of fused-ring (bicyclic) bond motifs is 1. The summed E-state index contributed by atoms with van der Waals surface area (Å²) in [5, 5.41) is 0. The largest absolute Gasteiger partial charge is 0.295 e. The number of hydrogen-bond acceptors (Lipinski definition) is 3. The van der Waals surface area contributed by atoms with Crippen LogP contribution in [0.25, 0.3) is 0 Å². The molecule has 0 fully saturated rings. The molecule has 0 unspecified atom stereocenters. The van der Waals surface area contributed by atoms with Crippen LogP contribution in [0.4, 0.5) is 0 Å². The number of ketones is 3. The van der Waals surface area contributed by atoms with Crippen molar-refractivity contribution in [1.29, 1.82) is 0 Å². The van der Waals surface area contributed by atoms with Crippen molar-refractivity contribution in [2.24, 2.45) is 0 Å². The fraction of sp³-hybridized carbons (Fsp3) is 0.0833. The summed E-state index contributed by atoms with van der Waals surface area (Å²) in [4.78, 5) is 33.9. The molecule has 1 aromatic rings. The fourth-order valence-corrected chi connectivity index (χ4v) is 1.51. The lowest BCUT2D eigenvalue weighted by Gasteiger charge is -2.09. The number of allylic oxidation sites excluding steroid dienone is 2. The average Bonchev–Trinajstić information content (AvgIpc) is 2.23. The van der Waals surface area contributed by atoms with E-state index in [-0.39, 0.29) is 17.3 Å². The molecular formula is C12H8O3. The molecule has 0 saturated heterocycles. The van der Waals surface area contributed by atoms with Gasteiger partial charge in [0.05, 0.1) is 0 Å². The van der Waals surface area contributed by atoms with Crippen LogP contribution in [-0.2, 0) is 0 Å². The molecule has 0 amide bonds. The maximum Gasteiger partial charge on any atom is 0.186 e. The minimum absolute atomic E-state index is 0.118. The Morgan fingerprint density at radius 1 is 1.00 bits per heavy atom. The van der Waals surface area contributed by atoms with E-state index in [0.29, 0.717) is 16.7 Å². The lowest BCUT2D eigenvalue weighted by molar-refractivity contribution is 0.0991. The van der Waals surface area contributed by atoms with Crippen molar-refractivity contribution >= 4 is 17.3 Å². The first-order valence-electron chi connectivity index (χ1n) is 4.51. The second-order valence-corrected chi connectivity index (χ2v) is 3.38. The Labute approximate surface area is 86.4 Å². The molecule has 1 aromatic carbocycles. The van der Waals surface area contributed by atoms with Crippen molar-refractivity contribution in [2.45, 2.75) is 6.92 Å². The smallest absolute Gasteiger partial charge is 0.186 e. The Hall–Kier alpha value is -2.03. The SMILES string of the molecule is CC(=O)c1ccc2c(c1)C(=O)C=CC2=O. The predicted octanol–water partition coefficient (Wildman–Crippen LogP) is 1.82. The number of benzene rings is 1. The summed E-state index contributed by atoms with van der Waals surface area (Å²) in [7, 11) is 0. The number of carbonyl (C=O) groups is 3. The third-order valence-corrected chi connectivity index (χ3v) is 2.34. The van der Waals surface area contributed by atoms with E-state index in [1.54, 1.807) is 6.07 Å². The molecule has 0 aliphatic heterocycles. The highest BCUT2D eigenvalue weighted by molar-refractivity contribution is 6.22. The molecule has 3 nitrogen and oxygen atoms in total. The van der Waals surface area contributed by atoms with Crippen molar-refractivity contribution < 1.29 is 14.4 Å². The van der Waals surface area contributed by atoms with Crippen LogP contribution in [-0.4, -0.2) is 17.3 Å². The lowest BCUT2D eigenvalue weighted by atomic mass is 9.92. The zero-order valence-electron chi connectivity index (χ0n) is 8.11. The highest BCUT2D eigenvalue weighted by atomic mass is 16.1. The third kappa shape index (κ3) is 1.52. The molecular weight excluding hydrogens is 192 g/mol. The van der Waals surface area contributed by atoms with E-state index in [2.05, 4.69) is 0 Å². The summed E-state index contributed by atoms with van der Waals surface area (Å²) in [5.41, 5.74) is 1.13. The molecule has 1 aliphatic carbocycles. The summed E-state index contributed by atoms with van der Waals surface area (Å²) in [6.07, 6.45) is 2.48. The molecule has 15 heavy (non-hydrogen) atoms. The molecule has 3 heteroatoms. The monoisotopic (exact) mass is 200 g/mol. The number of rotatable bonds is 1. The van der Waals surface area contributed by atoms with Gasteiger partial charge in [-0.1, -0.05) is 6.07 Å². The summed E-state index contributed by atoms with van der Waals surface area (Å²) in [5.74, 6) is -0.542. The zero-order valence-corrected chi connectivity index (χ0v) is 8.11. The fourth-order valence-electron chi connectivity index (χ4n) is 1.51. The lowest BCUT2D eigenvalue weighted by Crippen LogP contribution is -2.12. The van der Waals surface area contributed by atoms with E-state index in [1.807, 2.05) is 0 Å². The van der Waals surface area contributed by atoms with Crippen LogP contribution in [0.15, 0.2) is 30.4 Å². The molecule has 0 aromatic heterocycles. The first-order valence-corrected chi connectivity index (χ1v) is 4.51. The van der Waals surface area contributed by atoms with Gasteiger partial charge in [0.2, 0.25) is 0 Å². The first kappa shape index (κ1) is 9.52. The minimum atomic E-state index is -0.229.